The van der Waals surface area contributed by atoms with Crippen LogP contribution in [-0.2, 0) is 9.47 Å². The Hall–Kier alpha value is -0.0000000000000000555. The summed E-state index contributed by atoms with van der Waals surface area (Å²) < 4.78 is 45.4. The monoisotopic (exact) mass is 378 g/mol. The average molecular weight is 378 g/mol. The van der Waals surface area contributed by atoms with Crippen molar-refractivity contribution >= 4 is 22.6 Å². The second-order valence-electron chi connectivity index (χ2n) is 3.75. The van der Waals surface area contributed by atoms with E-state index in [1.165, 1.54) is 0 Å². The van der Waals surface area contributed by atoms with E-state index in [-0.39, 0.29) is 0 Å². The predicted octanol–water partition coefficient (Wildman–Crippen LogP) is 3.93. The van der Waals surface area contributed by atoms with Crippen LogP contribution in [-0.4, -0.2) is 30.6 Å². The molecule has 0 spiro atoms. The maximum absolute atomic E-state index is 12.0. The Kier molecular flexibility index (Phi) is 10.9. The van der Waals surface area contributed by atoms with Crippen molar-refractivity contribution < 1.29 is 22.6 Å². The van der Waals surface area contributed by atoms with Gasteiger partial charge in [-0.25, -0.2) is 0 Å². The first kappa shape index (κ1) is 18.0. The zero-order valence-corrected chi connectivity index (χ0v) is 12.5. The number of ether oxygens (including phenoxy) is 2. The van der Waals surface area contributed by atoms with Crippen LogP contribution in [0.5, 0.6) is 0 Å². The molecular weight excluding hydrogens is 360 g/mol. The van der Waals surface area contributed by atoms with E-state index in [1.807, 2.05) is 0 Å². The van der Waals surface area contributed by atoms with Gasteiger partial charge in [-0.2, -0.15) is 13.2 Å². The third-order valence-electron chi connectivity index (χ3n) is 1.94. The third kappa shape index (κ3) is 14.1. The quantitative estimate of drug-likeness (QED) is 0.210. The predicted molar refractivity (Wildman–Crippen MR) is 72.6 cm³/mol. The first-order valence-corrected chi connectivity index (χ1v) is 6.93. The molecule has 2 nitrogen and oxygen atoms in total. The van der Waals surface area contributed by atoms with Crippen LogP contribution >= 0.6 is 22.6 Å². The summed E-state index contributed by atoms with van der Waals surface area (Å²) in [6.45, 7) is 0.915. The Labute approximate surface area is 120 Å². The molecule has 0 aromatic heterocycles. The number of hydrogen-bond donors (Lipinski definition) is 0. The lowest BCUT2D eigenvalue weighted by molar-refractivity contribution is -0.133. The first-order valence-electron chi connectivity index (χ1n) is 5.69. The second kappa shape index (κ2) is 10.9. The minimum absolute atomic E-state index is 0.291. The molecule has 1 unspecified atom stereocenters. The minimum atomic E-state index is -4.09. The Balaban J connectivity index is 3.44. The van der Waals surface area contributed by atoms with Crippen molar-refractivity contribution in [3.05, 3.63) is 0 Å². The summed E-state index contributed by atoms with van der Waals surface area (Å²) >= 11 is 1.79. The van der Waals surface area contributed by atoms with Gasteiger partial charge < -0.3 is 9.47 Å². The lowest BCUT2D eigenvalue weighted by Crippen LogP contribution is -2.14. The summed E-state index contributed by atoms with van der Waals surface area (Å²) in [4.78, 5) is 0. The van der Waals surface area contributed by atoms with Gasteiger partial charge in [0.1, 0.15) is 6.79 Å². The number of methoxy groups -OCH3 is 1. The maximum atomic E-state index is 12.0. The van der Waals surface area contributed by atoms with Gasteiger partial charge in [0.2, 0.25) is 0 Å². The Morgan fingerprint density at radius 1 is 1.22 bits per heavy atom. The van der Waals surface area contributed by atoms with Crippen molar-refractivity contribution in [2.24, 2.45) is 0 Å². The van der Waals surface area contributed by atoms with E-state index in [0.29, 0.717) is 26.2 Å². The summed E-state index contributed by atoms with van der Waals surface area (Å²) in [6, 6.07) is 0. The van der Waals surface area contributed by atoms with E-state index in [1.54, 1.807) is 29.7 Å². The van der Waals surface area contributed by atoms with Gasteiger partial charge in [-0.1, -0.05) is 22.6 Å². The molecule has 0 fully saturated rings. The lowest BCUT2D eigenvalue weighted by atomic mass is 10.2. The van der Waals surface area contributed by atoms with E-state index >= 15 is 0 Å². The summed E-state index contributed by atoms with van der Waals surface area (Å²) in [6.07, 6.45) is -2.10. The zero-order valence-electron chi connectivity index (χ0n) is 10.4. The van der Waals surface area contributed by atoms with Gasteiger partial charge in [-0.05, 0) is 12.8 Å². The SMILES string of the molecule is COCOCCCCC#CCC(I)CC(F)(F)F. The molecule has 0 radical (unpaired) electrons. The summed E-state index contributed by atoms with van der Waals surface area (Å²) in [7, 11) is 1.56. The standard InChI is InChI=1S/C12H18F3IO2/c1-17-10-18-8-6-4-2-3-5-7-11(16)9-12(13,14)15/h11H,2,4,6-10H2,1H3. The van der Waals surface area contributed by atoms with E-state index in [9.17, 15) is 13.2 Å². The molecule has 106 valence electrons. The van der Waals surface area contributed by atoms with Crippen molar-refractivity contribution in [1.82, 2.24) is 0 Å². The van der Waals surface area contributed by atoms with Gasteiger partial charge in [-0.3, -0.25) is 0 Å². The summed E-state index contributed by atoms with van der Waals surface area (Å²) in [5.74, 6) is 5.67. The molecule has 0 N–H and O–H groups in total. The van der Waals surface area contributed by atoms with Crippen LogP contribution in [0.15, 0.2) is 0 Å². The molecule has 0 aromatic rings. The van der Waals surface area contributed by atoms with E-state index in [0.717, 1.165) is 12.8 Å². The number of alkyl halides is 4. The van der Waals surface area contributed by atoms with Crippen LogP contribution < -0.4 is 0 Å². The number of rotatable bonds is 8. The molecule has 0 saturated heterocycles. The highest BCUT2D eigenvalue weighted by molar-refractivity contribution is 14.1. The van der Waals surface area contributed by atoms with Gasteiger partial charge in [0.15, 0.2) is 0 Å². The minimum Gasteiger partial charge on any atom is -0.359 e. The summed E-state index contributed by atoms with van der Waals surface area (Å²) in [5, 5.41) is 0. The van der Waals surface area contributed by atoms with Gasteiger partial charge >= 0.3 is 6.18 Å². The molecule has 0 rings (SSSR count). The highest BCUT2D eigenvalue weighted by Gasteiger charge is 2.30. The van der Waals surface area contributed by atoms with Crippen LogP contribution in [0, 0.1) is 11.8 Å². The molecular formula is C12H18F3IO2. The van der Waals surface area contributed by atoms with Crippen molar-refractivity contribution in [2.45, 2.75) is 42.2 Å². The third-order valence-corrected chi connectivity index (χ3v) is 2.82. The van der Waals surface area contributed by atoms with Crippen LogP contribution in [0.25, 0.3) is 0 Å². The molecule has 0 aromatic carbocycles. The van der Waals surface area contributed by atoms with Crippen molar-refractivity contribution in [1.29, 1.82) is 0 Å². The van der Waals surface area contributed by atoms with Crippen LogP contribution in [0.2, 0.25) is 0 Å². The fourth-order valence-electron chi connectivity index (χ4n) is 1.15. The fraction of sp³-hybridized carbons (Fsp3) is 0.833. The molecule has 0 aliphatic rings. The van der Waals surface area contributed by atoms with Crippen LogP contribution in [0.3, 0.4) is 0 Å². The van der Waals surface area contributed by atoms with Crippen molar-refractivity contribution in [3.63, 3.8) is 0 Å². The van der Waals surface area contributed by atoms with E-state index < -0.39 is 16.5 Å². The molecule has 0 aliphatic heterocycles. The zero-order chi connectivity index (χ0) is 13.9. The molecule has 0 aliphatic carbocycles. The normalized spacial score (nSPS) is 12.9. The average Bonchev–Trinajstić information content (AvgIpc) is 2.24. The fourth-order valence-corrected chi connectivity index (χ4v) is 1.87. The van der Waals surface area contributed by atoms with Crippen molar-refractivity contribution in [2.75, 3.05) is 20.5 Å². The van der Waals surface area contributed by atoms with Crippen LogP contribution in [0.1, 0.15) is 32.1 Å². The molecule has 6 heteroatoms. The molecule has 0 amide bonds. The maximum Gasteiger partial charge on any atom is 0.390 e. The van der Waals surface area contributed by atoms with Crippen LogP contribution in [0.4, 0.5) is 13.2 Å². The lowest BCUT2D eigenvalue weighted by Gasteiger charge is -2.08. The number of unbranched alkanes of at least 4 members (excludes halogenated alkanes) is 2. The highest BCUT2D eigenvalue weighted by Crippen LogP contribution is 2.26. The molecule has 0 bridgehead atoms. The van der Waals surface area contributed by atoms with Gasteiger partial charge in [0.25, 0.3) is 0 Å². The molecule has 0 heterocycles. The van der Waals surface area contributed by atoms with Crippen molar-refractivity contribution in [3.8, 4) is 11.8 Å². The molecule has 0 saturated carbocycles. The smallest absolute Gasteiger partial charge is 0.359 e. The van der Waals surface area contributed by atoms with E-state index in [2.05, 4.69) is 11.8 Å². The largest absolute Gasteiger partial charge is 0.390 e. The van der Waals surface area contributed by atoms with Gasteiger partial charge in [0, 0.05) is 30.5 Å². The first-order chi connectivity index (χ1) is 8.45. The molecule has 1 atom stereocenters. The Morgan fingerprint density at radius 3 is 2.56 bits per heavy atom. The number of halogens is 4. The molecule has 18 heavy (non-hydrogen) atoms. The Morgan fingerprint density at radius 2 is 1.94 bits per heavy atom. The second-order valence-corrected chi connectivity index (χ2v) is 5.51. The highest BCUT2D eigenvalue weighted by atomic mass is 127. The number of hydrogen-bond acceptors (Lipinski definition) is 2. The topological polar surface area (TPSA) is 18.5 Å². The Bertz CT molecular complexity index is 258. The van der Waals surface area contributed by atoms with Gasteiger partial charge in [0.05, 0.1) is 6.42 Å². The van der Waals surface area contributed by atoms with E-state index in [4.69, 9.17) is 9.47 Å². The summed E-state index contributed by atoms with van der Waals surface area (Å²) in [5.41, 5.74) is 0. The van der Waals surface area contributed by atoms with Gasteiger partial charge in [-0.15, -0.1) is 11.8 Å².